The number of rotatable bonds is 3. The molecule has 2 N–H and O–H groups in total. The standard InChI is InChI=1S/C10H16N4O/c1-7-11-6-12-10(13-7)14-9-3-2-8(4-9)5-15/h6,8-9,15H,2-5H2,1H3,(H,11,12,13,14)/t8-,9+/m1/s1. The van der Waals surface area contributed by atoms with Gasteiger partial charge in [-0.25, -0.2) is 9.97 Å². The first-order valence-electron chi connectivity index (χ1n) is 5.31. The van der Waals surface area contributed by atoms with Crippen LogP contribution in [0.1, 0.15) is 25.1 Å². The van der Waals surface area contributed by atoms with Gasteiger partial charge in [0.05, 0.1) is 0 Å². The maximum atomic E-state index is 9.02. The lowest BCUT2D eigenvalue weighted by molar-refractivity contribution is 0.229. The van der Waals surface area contributed by atoms with Crippen molar-refractivity contribution in [3.8, 4) is 0 Å². The first-order chi connectivity index (χ1) is 7.28. The summed E-state index contributed by atoms with van der Waals surface area (Å²) in [6.45, 7) is 2.13. The third-order valence-corrected chi connectivity index (χ3v) is 2.82. The predicted molar refractivity (Wildman–Crippen MR) is 56.4 cm³/mol. The molecule has 5 nitrogen and oxygen atoms in total. The van der Waals surface area contributed by atoms with Gasteiger partial charge in [0.25, 0.3) is 0 Å². The summed E-state index contributed by atoms with van der Waals surface area (Å²) in [5.41, 5.74) is 0. The van der Waals surface area contributed by atoms with Crippen LogP contribution in [0.4, 0.5) is 5.95 Å². The third kappa shape index (κ3) is 2.62. The van der Waals surface area contributed by atoms with E-state index < -0.39 is 0 Å². The summed E-state index contributed by atoms with van der Waals surface area (Å²) >= 11 is 0. The Kier molecular flexibility index (Phi) is 3.11. The Bertz CT molecular complexity index is 331. The van der Waals surface area contributed by atoms with E-state index in [1.807, 2.05) is 6.92 Å². The molecule has 5 heteroatoms. The molecule has 1 fully saturated rings. The van der Waals surface area contributed by atoms with Crippen LogP contribution in [-0.4, -0.2) is 32.7 Å². The van der Waals surface area contributed by atoms with E-state index in [9.17, 15) is 0 Å². The Morgan fingerprint density at radius 1 is 1.47 bits per heavy atom. The lowest BCUT2D eigenvalue weighted by atomic mass is 10.1. The summed E-state index contributed by atoms with van der Waals surface area (Å²) in [6.07, 6.45) is 4.68. The smallest absolute Gasteiger partial charge is 0.226 e. The highest BCUT2D eigenvalue weighted by molar-refractivity contribution is 5.24. The van der Waals surface area contributed by atoms with Gasteiger partial charge in [-0.1, -0.05) is 0 Å². The van der Waals surface area contributed by atoms with Crippen LogP contribution >= 0.6 is 0 Å². The Balaban J connectivity index is 1.92. The van der Waals surface area contributed by atoms with Gasteiger partial charge in [-0.15, -0.1) is 0 Å². The number of aliphatic hydroxyl groups excluding tert-OH is 1. The molecule has 0 saturated heterocycles. The molecule has 1 aliphatic carbocycles. The highest BCUT2D eigenvalue weighted by atomic mass is 16.3. The minimum absolute atomic E-state index is 0.286. The lowest BCUT2D eigenvalue weighted by Crippen LogP contribution is -2.18. The number of aliphatic hydroxyl groups is 1. The fourth-order valence-electron chi connectivity index (χ4n) is 2.00. The SMILES string of the molecule is Cc1ncnc(N[C@H]2CC[C@@H](CO)C2)n1. The van der Waals surface area contributed by atoms with Gasteiger partial charge >= 0.3 is 0 Å². The van der Waals surface area contributed by atoms with Crippen molar-refractivity contribution < 1.29 is 5.11 Å². The second-order valence-corrected chi connectivity index (χ2v) is 4.06. The van der Waals surface area contributed by atoms with Crippen molar-refractivity contribution in [3.05, 3.63) is 12.2 Å². The van der Waals surface area contributed by atoms with Crippen LogP contribution in [-0.2, 0) is 0 Å². The van der Waals surface area contributed by atoms with Gasteiger partial charge in [0.1, 0.15) is 12.2 Å². The molecule has 1 heterocycles. The van der Waals surface area contributed by atoms with E-state index in [1.165, 1.54) is 6.33 Å². The predicted octanol–water partition coefficient (Wildman–Crippen LogP) is 0.753. The number of hydrogen-bond acceptors (Lipinski definition) is 5. The molecule has 0 spiro atoms. The van der Waals surface area contributed by atoms with Gasteiger partial charge in [0, 0.05) is 12.6 Å². The van der Waals surface area contributed by atoms with E-state index in [1.54, 1.807) is 0 Å². The molecule has 2 rings (SSSR count). The molecular formula is C10H16N4O. The first kappa shape index (κ1) is 10.3. The fourth-order valence-corrected chi connectivity index (χ4v) is 2.00. The third-order valence-electron chi connectivity index (χ3n) is 2.82. The van der Waals surface area contributed by atoms with Crippen LogP contribution in [0.25, 0.3) is 0 Å². The Morgan fingerprint density at radius 2 is 2.33 bits per heavy atom. The van der Waals surface area contributed by atoms with Crippen molar-refractivity contribution in [2.75, 3.05) is 11.9 Å². The fraction of sp³-hybridized carbons (Fsp3) is 0.700. The Hall–Kier alpha value is -1.23. The molecule has 0 radical (unpaired) electrons. The van der Waals surface area contributed by atoms with Gasteiger partial charge in [0.2, 0.25) is 5.95 Å². The van der Waals surface area contributed by atoms with Crippen LogP contribution in [0.2, 0.25) is 0 Å². The topological polar surface area (TPSA) is 70.9 Å². The van der Waals surface area contributed by atoms with Gasteiger partial charge in [-0.2, -0.15) is 4.98 Å². The molecule has 1 aromatic rings. The zero-order valence-electron chi connectivity index (χ0n) is 8.85. The minimum Gasteiger partial charge on any atom is -0.396 e. The Labute approximate surface area is 89.0 Å². The van der Waals surface area contributed by atoms with Gasteiger partial charge < -0.3 is 10.4 Å². The van der Waals surface area contributed by atoms with E-state index in [4.69, 9.17) is 5.11 Å². The molecule has 0 amide bonds. The number of nitrogens with one attached hydrogen (secondary N) is 1. The van der Waals surface area contributed by atoms with E-state index in [0.29, 0.717) is 17.9 Å². The molecule has 0 unspecified atom stereocenters. The highest BCUT2D eigenvalue weighted by Gasteiger charge is 2.24. The molecular weight excluding hydrogens is 192 g/mol. The van der Waals surface area contributed by atoms with Crippen LogP contribution in [0, 0.1) is 12.8 Å². The minimum atomic E-state index is 0.286. The van der Waals surface area contributed by atoms with E-state index >= 15 is 0 Å². The zero-order chi connectivity index (χ0) is 10.7. The van der Waals surface area contributed by atoms with Crippen LogP contribution in [0.5, 0.6) is 0 Å². The number of aromatic nitrogens is 3. The van der Waals surface area contributed by atoms with E-state index in [0.717, 1.165) is 25.1 Å². The molecule has 0 aromatic carbocycles. The summed E-state index contributed by atoms with van der Waals surface area (Å²) in [6, 6.07) is 0.393. The summed E-state index contributed by atoms with van der Waals surface area (Å²) in [4.78, 5) is 12.2. The number of anilines is 1. The lowest BCUT2D eigenvalue weighted by Gasteiger charge is -2.12. The summed E-state index contributed by atoms with van der Waals surface area (Å²) in [5, 5.41) is 12.3. The van der Waals surface area contributed by atoms with Crippen LogP contribution in [0.3, 0.4) is 0 Å². The van der Waals surface area contributed by atoms with Crippen molar-refractivity contribution in [1.82, 2.24) is 15.0 Å². The van der Waals surface area contributed by atoms with Crippen molar-refractivity contribution in [2.24, 2.45) is 5.92 Å². The number of hydrogen-bond donors (Lipinski definition) is 2. The molecule has 1 saturated carbocycles. The quantitative estimate of drug-likeness (QED) is 0.767. The van der Waals surface area contributed by atoms with Crippen molar-refractivity contribution in [2.45, 2.75) is 32.2 Å². The van der Waals surface area contributed by atoms with Crippen molar-refractivity contribution >= 4 is 5.95 Å². The summed E-state index contributed by atoms with van der Waals surface area (Å²) in [5.74, 6) is 1.81. The second-order valence-electron chi connectivity index (χ2n) is 4.06. The Morgan fingerprint density at radius 3 is 3.00 bits per heavy atom. The van der Waals surface area contributed by atoms with Gasteiger partial charge in [0.15, 0.2) is 0 Å². The molecule has 82 valence electrons. The molecule has 0 aliphatic heterocycles. The van der Waals surface area contributed by atoms with E-state index in [2.05, 4.69) is 20.3 Å². The molecule has 1 aliphatic rings. The average molecular weight is 208 g/mol. The van der Waals surface area contributed by atoms with Crippen LogP contribution < -0.4 is 5.32 Å². The normalized spacial score (nSPS) is 25.5. The average Bonchev–Trinajstić information content (AvgIpc) is 2.65. The molecule has 2 atom stereocenters. The monoisotopic (exact) mass is 208 g/mol. The number of nitrogens with zero attached hydrogens (tertiary/aromatic N) is 3. The molecule has 1 aromatic heterocycles. The number of aryl methyl sites for hydroxylation is 1. The van der Waals surface area contributed by atoms with Gasteiger partial charge in [-0.3, -0.25) is 0 Å². The van der Waals surface area contributed by atoms with E-state index in [-0.39, 0.29) is 6.61 Å². The van der Waals surface area contributed by atoms with Crippen molar-refractivity contribution in [1.29, 1.82) is 0 Å². The summed E-state index contributed by atoms with van der Waals surface area (Å²) < 4.78 is 0. The molecule has 15 heavy (non-hydrogen) atoms. The maximum absolute atomic E-state index is 9.02. The first-order valence-corrected chi connectivity index (χ1v) is 5.31. The summed E-state index contributed by atoms with van der Waals surface area (Å²) in [7, 11) is 0. The van der Waals surface area contributed by atoms with Crippen LogP contribution in [0.15, 0.2) is 6.33 Å². The molecule has 0 bridgehead atoms. The maximum Gasteiger partial charge on any atom is 0.226 e. The van der Waals surface area contributed by atoms with Gasteiger partial charge in [-0.05, 0) is 32.1 Å². The second kappa shape index (κ2) is 4.53. The zero-order valence-corrected chi connectivity index (χ0v) is 8.85. The van der Waals surface area contributed by atoms with Crippen molar-refractivity contribution in [3.63, 3.8) is 0 Å². The highest BCUT2D eigenvalue weighted by Crippen LogP contribution is 2.26. The largest absolute Gasteiger partial charge is 0.396 e.